The lowest BCUT2D eigenvalue weighted by molar-refractivity contribution is -0.118. The lowest BCUT2D eigenvalue weighted by Gasteiger charge is -2.21. The second-order valence-corrected chi connectivity index (χ2v) is 6.94. The molecule has 0 saturated heterocycles. The minimum absolute atomic E-state index is 0.0710. The van der Waals surface area contributed by atoms with Crippen LogP contribution in [0.15, 0.2) is 53.3 Å². The molecule has 2 amide bonds. The topological polar surface area (TPSA) is 76.3 Å². The van der Waals surface area contributed by atoms with E-state index < -0.39 is 11.9 Å². The van der Waals surface area contributed by atoms with Crippen LogP contribution >= 0.6 is 0 Å². The summed E-state index contributed by atoms with van der Waals surface area (Å²) in [6.07, 6.45) is 4.55. The Kier molecular flexibility index (Phi) is 5.64. The zero-order valence-electron chi connectivity index (χ0n) is 15.9. The molecular weight excluding hydrogens is 342 g/mol. The minimum Gasteiger partial charge on any atom is -0.459 e. The van der Waals surface area contributed by atoms with Crippen molar-refractivity contribution in [1.82, 2.24) is 9.88 Å². The van der Waals surface area contributed by atoms with Crippen molar-refractivity contribution in [3.05, 3.63) is 54.6 Å². The molecule has 2 heterocycles. The zero-order chi connectivity index (χ0) is 19.4. The van der Waals surface area contributed by atoms with Gasteiger partial charge in [0.25, 0.3) is 5.91 Å². The highest BCUT2D eigenvalue weighted by molar-refractivity contribution is 6.01. The highest BCUT2D eigenvalue weighted by Crippen LogP contribution is 2.21. The van der Waals surface area contributed by atoms with Crippen LogP contribution in [0.25, 0.3) is 10.9 Å². The fraction of sp³-hybridized carbons (Fsp3) is 0.333. The lowest BCUT2D eigenvalue weighted by atomic mass is 10.0. The molecular formula is C21H25N3O3. The number of fused-ring (bicyclic) bond motifs is 1. The molecule has 0 saturated carbocycles. The van der Waals surface area contributed by atoms with E-state index in [4.69, 9.17) is 4.42 Å². The molecule has 1 atom stereocenters. The van der Waals surface area contributed by atoms with Crippen LogP contribution in [0.1, 0.15) is 37.7 Å². The Labute approximate surface area is 158 Å². The maximum absolute atomic E-state index is 12.7. The molecule has 142 valence electrons. The van der Waals surface area contributed by atoms with Crippen LogP contribution < -0.4 is 10.6 Å². The average molecular weight is 367 g/mol. The first kappa shape index (κ1) is 18.8. The van der Waals surface area contributed by atoms with Crippen molar-refractivity contribution in [1.29, 1.82) is 0 Å². The number of carbonyl (C=O) groups is 2. The number of anilines is 1. The number of benzene rings is 1. The predicted octanol–water partition coefficient (Wildman–Crippen LogP) is 4.04. The van der Waals surface area contributed by atoms with E-state index >= 15 is 0 Å². The van der Waals surface area contributed by atoms with Crippen LogP contribution in [0.5, 0.6) is 0 Å². The molecule has 2 aromatic heterocycles. The summed E-state index contributed by atoms with van der Waals surface area (Å²) in [4.78, 5) is 25.0. The molecule has 6 heteroatoms. The van der Waals surface area contributed by atoms with E-state index in [0.717, 1.165) is 23.9 Å². The summed E-state index contributed by atoms with van der Waals surface area (Å²) in [5.41, 5.74) is 1.85. The molecule has 2 N–H and O–H groups in total. The maximum atomic E-state index is 12.7. The van der Waals surface area contributed by atoms with Crippen molar-refractivity contribution in [2.75, 3.05) is 5.32 Å². The van der Waals surface area contributed by atoms with Crippen molar-refractivity contribution in [2.45, 2.75) is 39.8 Å². The van der Waals surface area contributed by atoms with Gasteiger partial charge in [-0.15, -0.1) is 0 Å². The van der Waals surface area contributed by atoms with Gasteiger partial charge in [0.15, 0.2) is 5.76 Å². The highest BCUT2D eigenvalue weighted by atomic mass is 16.3. The fourth-order valence-electron chi connectivity index (χ4n) is 3.09. The smallest absolute Gasteiger partial charge is 0.287 e. The fourth-order valence-corrected chi connectivity index (χ4v) is 3.09. The number of nitrogens with one attached hydrogen (secondary N) is 2. The van der Waals surface area contributed by atoms with Crippen molar-refractivity contribution < 1.29 is 14.0 Å². The first-order valence-electron chi connectivity index (χ1n) is 9.23. The van der Waals surface area contributed by atoms with E-state index in [1.54, 1.807) is 12.1 Å². The molecule has 3 aromatic rings. The van der Waals surface area contributed by atoms with Crippen molar-refractivity contribution >= 4 is 28.4 Å². The van der Waals surface area contributed by atoms with Gasteiger partial charge in [-0.3, -0.25) is 9.59 Å². The Balaban J connectivity index is 1.73. The third-order valence-electron chi connectivity index (χ3n) is 4.48. The summed E-state index contributed by atoms with van der Waals surface area (Å²) in [6, 6.07) is 10.4. The summed E-state index contributed by atoms with van der Waals surface area (Å²) in [7, 11) is 0. The molecule has 0 aliphatic heterocycles. The van der Waals surface area contributed by atoms with Crippen LogP contribution in [-0.2, 0) is 11.3 Å². The Morgan fingerprint density at radius 1 is 1.19 bits per heavy atom. The van der Waals surface area contributed by atoms with E-state index in [0.29, 0.717) is 5.69 Å². The third kappa shape index (κ3) is 4.22. The second kappa shape index (κ2) is 8.12. The SMILES string of the molecule is CCCn1ccc2cc(NC(=O)C(NC(=O)c3ccco3)C(C)C)ccc21. The van der Waals surface area contributed by atoms with Gasteiger partial charge in [0, 0.05) is 29.3 Å². The monoisotopic (exact) mass is 367 g/mol. The van der Waals surface area contributed by atoms with Gasteiger partial charge in [0.1, 0.15) is 6.04 Å². The molecule has 27 heavy (non-hydrogen) atoms. The Hall–Kier alpha value is -3.02. The van der Waals surface area contributed by atoms with E-state index in [2.05, 4.69) is 28.3 Å². The molecule has 1 unspecified atom stereocenters. The van der Waals surface area contributed by atoms with Gasteiger partial charge in [-0.1, -0.05) is 20.8 Å². The van der Waals surface area contributed by atoms with Crippen LogP contribution in [-0.4, -0.2) is 22.4 Å². The van der Waals surface area contributed by atoms with E-state index in [9.17, 15) is 9.59 Å². The van der Waals surface area contributed by atoms with E-state index in [1.165, 1.54) is 6.26 Å². The normalized spacial score (nSPS) is 12.3. The van der Waals surface area contributed by atoms with Crippen molar-refractivity contribution in [3.8, 4) is 0 Å². The van der Waals surface area contributed by atoms with Gasteiger partial charge in [-0.2, -0.15) is 0 Å². The quantitative estimate of drug-likeness (QED) is 0.662. The number of hydrogen-bond acceptors (Lipinski definition) is 3. The van der Waals surface area contributed by atoms with Gasteiger partial charge < -0.3 is 19.6 Å². The maximum Gasteiger partial charge on any atom is 0.287 e. The molecule has 0 radical (unpaired) electrons. The van der Waals surface area contributed by atoms with Crippen LogP contribution in [0.4, 0.5) is 5.69 Å². The Morgan fingerprint density at radius 2 is 2.00 bits per heavy atom. The number of aryl methyl sites for hydroxylation is 1. The van der Waals surface area contributed by atoms with Crippen molar-refractivity contribution in [3.63, 3.8) is 0 Å². The molecule has 0 spiro atoms. The molecule has 6 nitrogen and oxygen atoms in total. The molecule has 0 bridgehead atoms. The van der Waals surface area contributed by atoms with Crippen LogP contribution in [0, 0.1) is 5.92 Å². The molecule has 3 rings (SSSR count). The highest BCUT2D eigenvalue weighted by Gasteiger charge is 2.25. The number of carbonyl (C=O) groups excluding carboxylic acids is 2. The predicted molar refractivity (Wildman–Crippen MR) is 106 cm³/mol. The second-order valence-electron chi connectivity index (χ2n) is 6.94. The number of hydrogen-bond donors (Lipinski definition) is 2. The summed E-state index contributed by atoms with van der Waals surface area (Å²) in [5, 5.41) is 6.73. The van der Waals surface area contributed by atoms with Gasteiger partial charge in [0.05, 0.1) is 6.26 Å². The summed E-state index contributed by atoms with van der Waals surface area (Å²) < 4.78 is 7.29. The number of aromatic nitrogens is 1. The summed E-state index contributed by atoms with van der Waals surface area (Å²) in [5.74, 6) is -0.538. The lowest BCUT2D eigenvalue weighted by Crippen LogP contribution is -2.47. The van der Waals surface area contributed by atoms with Gasteiger partial charge in [0.2, 0.25) is 5.91 Å². The first-order chi connectivity index (χ1) is 13.0. The minimum atomic E-state index is -0.664. The molecule has 1 aromatic carbocycles. The van der Waals surface area contributed by atoms with Gasteiger partial charge in [-0.25, -0.2) is 0 Å². The number of rotatable bonds is 7. The Bertz CT molecular complexity index is 925. The van der Waals surface area contributed by atoms with Gasteiger partial charge >= 0.3 is 0 Å². The first-order valence-corrected chi connectivity index (χ1v) is 9.23. The van der Waals surface area contributed by atoms with E-state index in [1.807, 2.05) is 38.1 Å². The van der Waals surface area contributed by atoms with Crippen LogP contribution in [0.3, 0.4) is 0 Å². The van der Waals surface area contributed by atoms with Crippen LogP contribution in [0.2, 0.25) is 0 Å². The number of furan rings is 1. The largest absolute Gasteiger partial charge is 0.459 e. The third-order valence-corrected chi connectivity index (χ3v) is 4.48. The number of amides is 2. The summed E-state index contributed by atoms with van der Waals surface area (Å²) >= 11 is 0. The van der Waals surface area contributed by atoms with Crippen molar-refractivity contribution in [2.24, 2.45) is 5.92 Å². The number of nitrogens with zero attached hydrogens (tertiary/aromatic N) is 1. The zero-order valence-corrected chi connectivity index (χ0v) is 15.9. The van der Waals surface area contributed by atoms with Gasteiger partial charge in [-0.05, 0) is 48.7 Å². The average Bonchev–Trinajstić information content (AvgIpc) is 3.29. The Morgan fingerprint density at radius 3 is 2.67 bits per heavy atom. The standard InChI is InChI=1S/C21H25N3O3/c1-4-10-24-11-9-15-13-16(7-8-17(15)24)22-21(26)19(14(2)3)23-20(25)18-6-5-12-27-18/h5-9,11-14,19H,4,10H2,1-3H3,(H,22,26)(H,23,25). The molecule has 0 aliphatic rings. The van der Waals surface area contributed by atoms with E-state index in [-0.39, 0.29) is 17.6 Å². The molecule has 0 aliphatic carbocycles. The molecule has 0 fully saturated rings. The summed E-state index contributed by atoms with van der Waals surface area (Å²) in [6.45, 7) is 6.88.